The standard InChI is InChI=1S/C9H18BrN/c1-8(2)5-11-6-9(7-11)3-4-10/h8-9H,3-7H2,1-2H3. The quantitative estimate of drug-likeness (QED) is 0.657. The van der Waals surface area contributed by atoms with Gasteiger partial charge >= 0.3 is 0 Å². The summed E-state index contributed by atoms with van der Waals surface area (Å²) in [6.07, 6.45) is 1.36. The van der Waals surface area contributed by atoms with Gasteiger partial charge in [-0.1, -0.05) is 29.8 Å². The smallest absolute Gasteiger partial charge is 0.00348 e. The first kappa shape index (κ1) is 9.53. The number of rotatable bonds is 4. The predicted molar refractivity (Wildman–Crippen MR) is 53.2 cm³/mol. The molecule has 0 aromatic rings. The van der Waals surface area contributed by atoms with Gasteiger partial charge in [0.05, 0.1) is 0 Å². The van der Waals surface area contributed by atoms with E-state index in [-0.39, 0.29) is 0 Å². The van der Waals surface area contributed by atoms with E-state index in [2.05, 4.69) is 34.7 Å². The van der Waals surface area contributed by atoms with Gasteiger partial charge in [0.1, 0.15) is 0 Å². The molecule has 1 rings (SSSR count). The van der Waals surface area contributed by atoms with Gasteiger partial charge < -0.3 is 4.90 Å². The first-order valence-electron chi connectivity index (χ1n) is 4.50. The Hall–Kier alpha value is 0.440. The summed E-state index contributed by atoms with van der Waals surface area (Å²) >= 11 is 3.48. The molecule has 1 saturated heterocycles. The van der Waals surface area contributed by atoms with E-state index >= 15 is 0 Å². The van der Waals surface area contributed by atoms with Crippen LogP contribution in [0.15, 0.2) is 0 Å². The van der Waals surface area contributed by atoms with Gasteiger partial charge in [0.2, 0.25) is 0 Å². The zero-order valence-electron chi connectivity index (χ0n) is 7.52. The number of nitrogens with zero attached hydrogens (tertiary/aromatic N) is 1. The van der Waals surface area contributed by atoms with Gasteiger partial charge in [-0.05, 0) is 18.3 Å². The molecule has 0 spiro atoms. The first-order chi connectivity index (χ1) is 5.22. The number of halogens is 1. The van der Waals surface area contributed by atoms with E-state index in [0.29, 0.717) is 0 Å². The Kier molecular flexibility index (Phi) is 3.86. The zero-order chi connectivity index (χ0) is 8.27. The van der Waals surface area contributed by atoms with Crippen molar-refractivity contribution < 1.29 is 0 Å². The summed E-state index contributed by atoms with van der Waals surface area (Å²) in [5, 5.41) is 1.17. The SMILES string of the molecule is CC(C)CN1CC(CCBr)C1. The second-order valence-electron chi connectivity index (χ2n) is 3.96. The van der Waals surface area contributed by atoms with Crippen molar-refractivity contribution >= 4 is 15.9 Å². The van der Waals surface area contributed by atoms with Crippen LogP contribution in [-0.4, -0.2) is 29.9 Å². The van der Waals surface area contributed by atoms with Crippen LogP contribution in [-0.2, 0) is 0 Å². The van der Waals surface area contributed by atoms with Gasteiger partial charge in [-0.2, -0.15) is 0 Å². The van der Waals surface area contributed by atoms with Crippen molar-refractivity contribution in [2.24, 2.45) is 11.8 Å². The van der Waals surface area contributed by atoms with E-state index < -0.39 is 0 Å². The Morgan fingerprint density at radius 2 is 2.09 bits per heavy atom. The average molecular weight is 220 g/mol. The van der Waals surface area contributed by atoms with Crippen molar-refractivity contribution in [1.82, 2.24) is 4.90 Å². The molecule has 66 valence electrons. The van der Waals surface area contributed by atoms with Crippen LogP contribution >= 0.6 is 15.9 Å². The van der Waals surface area contributed by atoms with E-state index in [1.807, 2.05) is 0 Å². The minimum atomic E-state index is 0.833. The summed E-state index contributed by atoms with van der Waals surface area (Å²) in [7, 11) is 0. The Bertz CT molecular complexity index is 108. The predicted octanol–water partition coefficient (Wildman–Crippen LogP) is 2.36. The Balaban J connectivity index is 2.00. The molecule has 1 aliphatic rings. The van der Waals surface area contributed by atoms with Crippen molar-refractivity contribution in [3.8, 4) is 0 Å². The summed E-state index contributed by atoms with van der Waals surface area (Å²) in [4.78, 5) is 2.55. The van der Waals surface area contributed by atoms with Crippen molar-refractivity contribution in [3.05, 3.63) is 0 Å². The molecule has 11 heavy (non-hydrogen) atoms. The molecule has 0 bridgehead atoms. The van der Waals surface area contributed by atoms with E-state index in [1.165, 1.54) is 31.4 Å². The van der Waals surface area contributed by atoms with Crippen LogP contribution in [0.5, 0.6) is 0 Å². The molecule has 0 amide bonds. The lowest BCUT2D eigenvalue weighted by Crippen LogP contribution is -2.48. The summed E-state index contributed by atoms with van der Waals surface area (Å²) < 4.78 is 0. The van der Waals surface area contributed by atoms with Crippen LogP contribution in [0.1, 0.15) is 20.3 Å². The van der Waals surface area contributed by atoms with E-state index in [9.17, 15) is 0 Å². The Morgan fingerprint density at radius 1 is 1.45 bits per heavy atom. The maximum atomic E-state index is 3.48. The summed E-state index contributed by atoms with van der Waals surface area (Å²) in [6, 6.07) is 0. The molecule has 0 aromatic heterocycles. The minimum Gasteiger partial charge on any atom is -0.302 e. The molecule has 1 aliphatic heterocycles. The van der Waals surface area contributed by atoms with Gasteiger partial charge in [-0.25, -0.2) is 0 Å². The van der Waals surface area contributed by atoms with Crippen LogP contribution < -0.4 is 0 Å². The minimum absolute atomic E-state index is 0.833. The maximum Gasteiger partial charge on any atom is 0.00348 e. The molecular weight excluding hydrogens is 202 g/mol. The summed E-state index contributed by atoms with van der Waals surface area (Å²) in [5.41, 5.74) is 0. The largest absolute Gasteiger partial charge is 0.302 e. The molecule has 2 heteroatoms. The highest BCUT2D eigenvalue weighted by atomic mass is 79.9. The molecule has 1 fully saturated rings. The fourth-order valence-electron chi connectivity index (χ4n) is 1.68. The third kappa shape index (κ3) is 3.12. The molecule has 0 N–H and O–H groups in total. The van der Waals surface area contributed by atoms with E-state index in [4.69, 9.17) is 0 Å². The second kappa shape index (κ2) is 4.46. The van der Waals surface area contributed by atoms with Crippen LogP contribution in [0.2, 0.25) is 0 Å². The maximum absolute atomic E-state index is 3.48. The molecule has 0 aliphatic carbocycles. The number of hydrogen-bond donors (Lipinski definition) is 0. The van der Waals surface area contributed by atoms with Crippen molar-refractivity contribution in [3.63, 3.8) is 0 Å². The fourth-order valence-corrected chi connectivity index (χ4v) is 2.33. The van der Waals surface area contributed by atoms with Gasteiger partial charge in [-0.3, -0.25) is 0 Å². The monoisotopic (exact) mass is 219 g/mol. The molecule has 1 heterocycles. The summed E-state index contributed by atoms with van der Waals surface area (Å²) in [6.45, 7) is 8.54. The molecule has 0 atom stereocenters. The number of alkyl halides is 1. The van der Waals surface area contributed by atoms with Crippen LogP contribution in [0.25, 0.3) is 0 Å². The summed E-state index contributed by atoms with van der Waals surface area (Å²) in [5.74, 6) is 1.81. The third-order valence-electron chi connectivity index (χ3n) is 2.17. The average Bonchev–Trinajstić information content (AvgIpc) is 1.82. The molecule has 0 unspecified atom stereocenters. The Morgan fingerprint density at radius 3 is 2.55 bits per heavy atom. The van der Waals surface area contributed by atoms with Gasteiger partial charge in [0, 0.05) is 25.0 Å². The number of likely N-dealkylation sites (tertiary alicyclic amines) is 1. The van der Waals surface area contributed by atoms with Crippen LogP contribution in [0.4, 0.5) is 0 Å². The fraction of sp³-hybridized carbons (Fsp3) is 1.00. The molecular formula is C9H18BrN. The lowest BCUT2D eigenvalue weighted by atomic mass is 9.96. The molecule has 0 saturated carbocycles. The van der Waals surface area contributed by atoms with Crippen molar-refractivity contribution in [1.29, 1.82) is 0 Å². The number of hydrogen-bond acceptors (Lipinski definition) is 1. The topological polar surface area (TPSA) is 3.24 Å². The zero-order valence-corrected chi connectivity index (χ0v) is 9.10. The van der Waals surface area contributed by atoms with Gasteiger partial charge in [0.25, 0.3) is 0 Å². The molecule has 1 nitrogen and oxygen atoms in total. The highest BCUT2D eigenvalue weighted by Gasteiger charge is 2.25. The second-order valence-corrected chi connectivity index (χ2v) is 4.75. The highest BCUT2D eigenvalue weighted by Crippen LogP contribution is 2.20. The Labute approximate surface area is 78.3 Å². The highest BCUT2D eigenvalue weighted by molar-refractivity contribution is 9.09. The van der Waals surface area contributed by atoms with Crippen molar-refractivity contribution in [2.75, 3.05) is 25.0 Å². The van der Waals surface area contributed by atoms with Gasteiger partial charge in [0.15, 0.2) is 0 Å². The lowest BCUT2D eigenvalue weighted by Gasteiger charge is -2.40. The van der Waals surface area contributed by atoms with E-state index in [1.54, 1.807) is 0 Å². The lowest BCUT2D eigenvalue weighted by molar-refractivity contribution is 0.0857. The van der Waals surface area contributed by atoms with E-state index in [0.717, 1.165) is 11.8 Å². The molecule has 0 radical (unpaired) electrons. The van der Waals surface area contributed by atoms with Crippen LogP contribution in [0, 0.1) is 11.8 Å². The third-order valence-corrected chi connectivity index (χ3v) is 2.63. The van der Waals surface area contributed by atoms with Crippen LogP contribution in [0.3, 0.4) is 0 Å². The first-order valence-corrected chi connectivity index (χ1v) is 5.63. The van der Waals surface area contributed by atoms with Gasteiger partial charge in [-0.15, -0.1) is 0 Å². The normalized spacial score (nSPS) is 20.7. The molecule has 0 aromatic carbocycles. The van der Waals surface area contributed by atoms with Crippen molar-refractivity contribution in [2.45, 2.75) is 20.3 Å².